The fourth-order valence-electron chi connectivity index (χ4n) is 3.95. The second-order valence-electron chi connectivity index (χ2n) is 6.62. The summed E-state index contributed by atoms with van der Waals surface area (Å²) in [6.45, 7) is 2.40. The van der Waals surface area contributed by atoms with Gasteiger partial charge in [0.05, 0.1) is 6.42 Å². The van der Waals surface area contributed by atoms with E-state index < -0.39 is 5.97 Å². The number of carboxylic acids is 1. The van der Waals surface area contributed by atoms with Crippen LogP contribution in [0.2, 0.25) is 0 Å². The van der Waals surface area contributed by atoms with Crippen LogP contribution in [0.3, 0.4) is 0 Å². The first-order valence-corrected chi connectivity index (χ1v) is 8.55. The van der Waals surface area contributed by atoms with E-state index in [9.17, 15) is 4.79 Å². The Labute approximate surface area is 142 Å². The molecule has 1 N–H and O–H groups in total. The highest BCUT2D eigenvalue weighted by molar-refractivity contribution is 5.95. The van der Waals surface area contributed by atoms with Gasteiger partial charge in [0.15, 0.2) is 0 Å². The third-order valence-electron chi connectivity index (χ3n) is 5.13. The number of carbonyl (C=O) groups is 1. The summed E-state index contributed by atoms with van der Waals surface area (Å²) in [6.07, 6.45) is 2.16. The van der Waals surface area contributed by atoms with Gasteiger partial charge in [-0.25, -0.2) is 0 Å². The zero-order chi connectivity index (χ0) is 16.5. The van der Waals surface area contributed by atoms with Gasteiger partial charge in [0, 0.05) is 19.6 Å². The number of carboxylic acid groups (broad SMARTS) is 1. The Morgan fingerprint density at radius 2 is 1.58 bits per heavy atom. The van der Waals surface area contributed by atoms with E-state index >= 15 is 0 Å². The van der Waals surface area contributed by atoms with Crippen molar-refractivity contribution in [3.63, 3.8) is 0 Å². The molecule has 0 unspecified atom stereocenters. The van der Waals surface area contributed by atoms with E-state index in [1.165, 1.54) is 33.4 Å². The first kappa shape index (κ1) is 15.2. The summed E-state index contributed by atoms with van der Waals surface area (Å²) >= 11 is 0. The summed E-state index contributed by atoms with van der Waals surface area (Å²) in [4.78, 5) is 13.2. The van der Waals surface area contributed by atoms with Crippen LogP contribution in [-0.2, 0) is 11.2 Å². The lowest BCUT2D eigenvalue weighted by Crippen LogP contribution is -2.32. The molecule has 4 rings (SSSR count). The first-order valence-electron chi connectivity index (χ1n) is 8.55. The van der Waals surface area contributed by atoms with Crippen molar-refractivity contribution in [1.29, 1.82) is 0 Å². The Morgan fingerprint density at radius 3 is 2.25 bits per heavy atom. The smallest absolute Gasteiger partial charge is 0.304 e. The number of nitrogens with zero attached hydrogens (tertiary/aromatic N) is 1. The molecule has 2 aromatic rings. The molecule has 3 heteroatoms. The van der Waals surface area contributed by atoms with Crippen LogP contribution in [-0.4, -0.2) is 35.6 Å². The van der Waals surface area contributed by atoms with Gasteiger partial charge in [-0.2, -0.15) is 0 Å². The molecule has 1 aliphatic carbocycles. The van der Waals surface area contributed by atoms with Gasteiger partial charge in [-0.15, -0.1) is 0 Å². The average molecular weight is 319 g/mol. The molecule has 0 saturated heterocycles. The van der Waals surface area contributed by atoms with Crippen LogP contribution in [0, 0.1) is 0 Å². The summed E-state index contributed by atoms with van der Waals surface area (Å²) in [6, 6.07) is 17.4. The van der Waals surface area contributed by atoms with E-state index in [0.29, 0.717) is 6.54 Å². The van der Waals surface area contributed by atoms with E-state index in [1.54, 1.807) is 0 Å². The number of benzene rings is 2. The van der Waals surface area contributed by atoms with E-state index in [2.05, 4.69) is 53.4 Å². The summed E-state index contributed by atoms with van der Waals surface area (Å²) in [5, 5.41) is 8.97. The van der Waals surface area contributed by atoms with Gasteiger partial charge in [0.25, 0.3) is 0 Å². The highest BCUT2D eigenvalue weighted by Crippen LogP contribution is 2.39. The molecule has 122 valence electrons. The molecule has 0 amide bonds. The molecule has 0 saturated carbocycles. The summed E-state index contributed by atoms with van der Waals surface area (Å²) in [5.41, 5.74) is 8.31. The van der Waals surface area contributed by atoms with Crippen LogP contribution in [0.15, 0.2) is 48.5 Å². The molecule has 2 aromatic carbocycles. The molecular formula is C21H21NO2. The molecule has 0 radical (unpaired) electrons. The van der Waals surface area contributed by atoms with E-state index in [1.807, 2.05) is 0 Å². The van der Waals surface area contributed by atoms with Gasteiger partial charge >= 0.3 is 5.97 Å². The van der Waals surface area contributed by atoms with Crippen molar-refractivity contribution in [2.24, 2.45) is 0 Å². The fourth-order valence-corrected chi connectivity index (χ4v) is 3.95. The zero-order valence-corrected chi connectivity index (χ0v) is 13.7. The third kappa shape index (κ3) is 2.76. The molecule has 0 atom stereocenters. The van der Waals surface area contributed by atoms with E-state index in [4.69, 9.17) is 5.11 Å². The zero-order valence-electron chi connectivity index (χ0n) is 13.7. The maximum absolute atomic E-state index is 10.9. The Hall–Kier alpha value is -2.39. The fraction of sp³-hybridized carbons (Fsp3) is 0.286. The van der Waals surface area contributed by atoms with Gasteiger partial charge in [0.2, 0.25) is 0 Å². The van der Waals surface area contributed by atoms with Crippen molar-refractivity contribution >= 4 is 17.1 Å². The molecule has 0 bridgehead atoms. The number of rotatable bonds is 3. The Balaban J connectivity index is 1.78. The average Bonchev–Trinajstić information content (AvgIpc) is 2.74. The molecular weight excluding hydrogens is 298 g/mol. The van der Waals surface area contributed by atoms with Gasteiger partial charge in [-0.1, -0.05) is 48.5 Å². The van der Waals surface area contributed by atoms with Gasteiger partial charge < -0.3 is 5.11 Å². The molecule has 0 spiro atoms. The first-order chi connectivity index (χ1) is 11.7. The Kier molecular flexibility index (Phi) is 3.95. The van der Waals surface area contributed by atoms with Crippen molar-refractivity contribution in [3.8, 4) is 0 Å². The van der Waals surface area contributed by atoms with Gasteiger partial charge in [-0.3, -0.25) is 9.69 Å². The van der Waals surface area contributed by atoms with Gasteiger partial charge in [0.1, 0.15) is 0 Å². The van der Waals surface area contributed by atoms with Crippen molar-refractivity contribution in [2.75, 3.05) is 19.6 Å². The van der Waals surface area contributed by atoms with Crippen LogP contribution in [0.4, 0.5) is 0 Å². The molecule has 2 aliphatic rings. The van der Waals surface area contributed by atoms with Crippen LogP contribution < -0.4 is 0 Å². The normalized spacial score (nSPS) is 16.8. The molecule has 0 fully saturated rings. The minimum absolute atomic E-state index is 0.209. The molecule has 24 heavy (non-hydrogen) atoms. The highest BCUT2D eigenvalue weighted by atomic mass is 16.4. The number of fused-ring (bicyclic) bond motifs is 4. The minimum atomic E-state index is -0.721. The number of hydrogen-bond acceptors (Lipinski definition) is 2. The van der Waals surface area contributed by atoms with Gasteiger partial charge in [-0.05, 0) is 46.2 Å². The largest absolute Gasteiger partial charge is 0.481 e. The number of aliphatic carboxylic acids is 1. The van der Waals surface area contributed by atoms with Crippen molar-refractivity contribution in [1.82, 2.24) is 4.90 Å². The topological polar surface area (TPSA) is 40.5 Å². The lowest BCUT2D eigenvalue weighted by molar-refractivity contribution is -0.137. The van der Waals surface area contributed by atoms with E-state index in [-0.39, 0.29) is 6.42 Å². The summed E-state index contributed by atoms with van der Waals surface area (Å²) in [5.74, 6) is -0.721. The van der Waals surface area contributed by atoms with Crippen molar-refractivity contribution in [2.45, 2.75) is 19.3 Å². The van der Waals surface area contributed by atoms with E-state index in [0.717, 1.165) is 25.9 Å². The van der Waals surface area contributed by atoms with Crippen LogP contribution in [0.5, 0.6) is 0 Å². The predicted octanol–water partition coefficient (Wildman–Crippen LogP) is 3.68. The number of hydrogen-bond donors (Lipinski definition) is 1. The monoisotopic (exact) mass is 319 g/mol. The predicted molar refractivity (Wildman–Crippen MR) is 95.8 cm³/mol. The standard InChI is InChI=1S/C21H21NO2/c23-21(24)10-12-22-11-9-19-17-7-3-1-5-15(17)13-16-6-2-4-8-18(16)20(19)14-22/h1-8H,9-14H2,(H,23,24). The van der Waals surface area contributed by atoms with Crippen molar-refractivity contribution < 1.29 is 9.90 Å². The molecule has 0 aromatic heterocycles. The molecule has 1 heterocycles. The maximum Gasteiger partial charge on any atom is 0.304 e. The summed E-state index contributed by atoms with van der Waals surface area (Å²) < 4.78 is 0. The Bertz CT molecular complexity index is 822. The lowest BCUT2D eigenvalue weighted by atomic mass is 9.89. The second-order valence-corrected chi connectivity index (χ2v) is 6.62. The Morgan fingerprint density at radius 1 is 0.958 bits per heavy atom. The quantitative estimate of drug-likeness (QED) is 0.938. The second kappa shape index (κ2) is 6.25. The van der Waals surface area contributed by atoms with Crippen LogP contribution >= 0.6 is 0 Å². The SMILES string of the molecule is O=C(O)CCN1CCC2=C(C1)c1ccccc1Cc1ccccc12. The summed E-state index contributed by atoms with van der Waals surface area (Å²) in [7, 11) is 0. The van der Waals surface area contributed by atoms with Crippen LogP contribution in [0.25, 0.3) is 11.1 Å². The minimum Gasteiger partial charge on any atom is -0.481 e. The maximum atomic E-state index is 10.9. The lowest BCUT2D eigenvalue weighted by Gasteiger charge is -2.31. The molecule has 3 nitrogen and oxygen atoms in total. The molecule has 1 aliphatic heterocycles. The van der Waals surface area contributed by atoms with Crippen LogP contribution in [0.1, 0.15) is 35.1 Å². The highest BCUT2D eigenvalue weighted by Gasteiger charge is 2.26. The van der Waals surface area contributed by atoms with Crippen molar-refractivity contribution in [3.05, 3.63) is 70.8 Å². The third-order valence-corrected chi connectivity index (χ3v) is 5.13.